The van der Waals surface area contributed by atoms with Crippen molar-refractivity contribution in [2.45, 2.75) is 58.1 Å². The van der Waals surface area contributed by atoms with Crippen molar-refractivity contribution < 1.29 is 28.7 Å². The van der Waals surface area contributed by atoms with Crippen LogP contribution >= 0.6 is 0 Å². The number of pyridine rings is 1. The number of ketones is 1. The Balaban J connectivity index is 2.16. The Hall–Kier alpha value is -2.84. The number of carbonyl (C=O) groups excluding carboxylic acids is 2. The molecule has 2 unspecified atom stereocenters. The fourth-order valence-corrected chi connectivity index (χ4v) is 3.12. The predicted octanol–water partition coefficient (Wildman–Crippen LogP) is 2.05. The van der Waals surface area contributed by atoms with Gasteiger partial charge in [0.25, 0.3) is 5.91 Å². The molecule has 2 atom stereocenters. The number of carboxylic acids is 1. The molecule has 0 aromatic carbocycles. The normalized spacial score (nSPS) is 19.4. The highest BCUT2D eigenvalue weighted by Gasteiger charge is 2.46. The highest BCUT2D eigenvalue weighted by molar-refractivity contribution is 6.05. The lowest BCUT2D eigenvalue weighted by Crippen LogP contribution is -2.53. The van der Waals surface area contributed by atoms with Crippen molar-refractivity contribution in [3.63, 3.8) is 0 Å². The van der Waals surface area contributed by atoms with Crippen molar-refractivity contribution in [3.8, 4) is 0 Å². The first kappa shape index (κ1) is 22.4. The van der Waals surface area contributed by atoms with E-state index in [-0.39, 0.29) is 12.8 Å². The molecule has 2 N–H and O–H groups in total. The summed E-state index contributed by atoms with van der Waals surface area (Å²) < 4.78 is 12.7. The van der Waals surface area contributed by atoms with Gasteiger partial charge >= 0.3 is 5.97 Å². The standard InChI is InChI=1S/C20H26FN3O5/c1-4-20(19(28)23-15(9-18(26)27)17(25)11-21)10-16(24-29-20)14-8-13(5-6-22-14)7-12(2)3/h5-6,8,12,15H,4,7,9-11H2,1-3H3,(H,23,28)(H,26,27). The summed E-state index contributed by atoms with van der Waals surface area (Å²) in [7, 11) is 0. The molecule has 29 heavy (non-hydrogen) atoms. The van der Waals surface area contributed by atoms with Crippen LogP contribution in [0, 0.1) is 5.92 Å². The summed E-state index contributed by atoms with van der Waals surface area (Å²) >= 11 is 0. The maximum absolute atomic E-state index is 12.8. The maximum Gasteiger partial charge on any atom is 0.305 e. The summed E-state index contributed by atoms with van der Waals surface area (Å²) in [4.78, 5) is 45.2. The fraction of sp³-hybridized carbons (Fsp3) is 0.550. The van der Waals surface area contributed by atoms with Gasteiger partial charge in [-0.3, -0.25) is 19.4 Å². The number of nitrogens with one attached hydrogen (secondary N) is 1. The minimum atomic E-state index is -1.46. The van der Waals surface area contributed by atoms with Crippen LogP contribution in [0.2, 0.25) is 0 Å². The number of hydrogen-bond donors (Lipinski definition) is 2. The Bertz CT molecular complexity index is 811. The zero-order valence-corrected chi connectivity index (χ0v) is 16.8. The number of carboxylic acid groups (broad SMARTS) is 1. The van der Waals surface area contributed by atoms with Crippen LogP contribution in [0.15, 0.2) is 23.5 Å². The minimum absolute atomic E-state index is 0.108. The lowest BCUT2D eigenvalue weighted by Gasteiger charge is -2.26. The van der Waals surface area contributed by atoms with E-state index in [2.05, 4.69) is 29.3 Å². The number of aromatic nitrogens is 1. The fourth-order valence-electron chi connectivity index (χ4n) is 3.12. The van der Waals surface area contributed by atoms with Crippen molar-refractivity contribution in [1.82, 2.24) is 10.3 Å². The number of amides is 1. The van der Waals surface area contributed by atoms with Gasteiger partial charge in [-0.2, -0.15) is 0 Å². The van der Waals surface area contributed by atoms with Crippen LogP contribution in [-0.2, 0) is 25.6 Å². The van der Waals surface area contributed by atoms with Gasteiger partial charge in [0.05, 0.1) is 12.1 Å². The molecular formula is C20H26FN3O5. The van der Waals surface area contributed by atoms with Gasteiger partial charge in [-0.1, -0.05) is 25.9 Å². The first-order valence-corrected chi connectivity index (χ1v) is 9.52. The third-order valence-corrected chi connectivity index (χ3v) is 4.74. The molecule has 9 heteroatoms. The van der Waals surface area contributed by atoms with Gasteiger partial charge in [0, 0.05) is 12.6 Å². The molecule has 0 bridgehead atoms. The topological polar surface area (TPSA) is 118 Å². The zero-order valence-electron chi connectivity index (χ0n) is 16.8. The van der Waals surface area contributed by atoms with Gasteiger partial charge in [-0.05, 0) is 36.5 Å². The molecule has 1 aliphatic heterocycles. The quantitative estimate of drug-likeness (QED) is 0.613. The van der Waals surface area contributed by atoms with Crippen LogP contribution in [0.1, 0.15) is 51.3 Å². The highest BCUT2D eigenvalue weighted by Crippen LogP contribution is 2.30. The largest absolute Gasteiger partial charge is 0.481 e. The SMILES string of the molecule is CCC1(C(=O)NC(CC(=O)O)C(=O)CF)CC(c2cc(CC(C)C)ccn2)=NO1. The van der Waals surface area contributed by atoms with E-state index < -0.39 is 42.4 Å². The summed E-state index contributed by atoms with van der Waals surface area (Å²) in [6, 6.07) is 2.35. The molecule has 1 aromatic rings. The number of halogens is 1. The molecule has 158 valence electrons. The Kier molecular flexibility index (Phi) is 7.41. The first-order chi connectivity index (χ1) is 13.7. The number of nitrogens with zero attached hydrogens (tertiary/aromatic N) is 2. The first-order valence-electron chi connectivity index (χ1n) is 9.52. The van der Waals surface area contributed by atoms with Crippen LogP contribution in [0.4, 0.5) is 4.39 Å². The minimum Gasteiger partial charge on any atom is -0.481 e. The highest BCUT2D eigenvalue weighted by atomic mass is 19.1. The summed E-state index contributed by atoms with van der Waals surface area (Å²) in [6.45, 7) is 4.56. The van der Waals surface area contributed by atoms with E-state index in [0.29, 0.717) is 17.3 Å². The molecule has 2 heterocycles. The van der Waals surface area contributed by atoms with Gasteiger partial charge in [0.1, 0.15) is 18.4 Å². The van der Waals surface area contributed by atoms with E-state index in [4.69, 9.17) is 9.94 Å². The van der Waals surface area contributed by atoms with E-state index in [1.807, 2.05) is 12.1 Å². The Morgan fingerprint density at radius 2 is 2.10 bits per heavy atom. The van der Waals surface area contributed by atoms with E-state index in [1.165, 1.54) is 0 Å². The number of aliphatic carboxylic acids is 1. The van der Waals surface area contributed by atoms with Gasteiger partial charge in [0.2, 0.25) is 5.60 Å². The molecule has 0 aliphatic carbocycles. The van der Waals surface area contributed by atoms with Gasteiger partial charge < -0.3 is 15.3 Å². The average Bonchev–Trinajstić information content (AvgIpc) is 3.12. The van der Waals surface area contributed by atoms with Crippen molar-refractivity contribution in [2.24, 2.45) is 11.1 Å². The van der Waals surface area contributed by atoms with E-state index >= 15 is 0 Å². The van der Waals surface area contributed by atoms with Crippen LogP contribution in [0.25, 0.3) is 0 Å². The lowest BCUT2D eigenvalue weighted by atomic mass is 9.91. The summed E-state index contributed by atoms with van der Waals surface area (Å²) in [6.07, 6.45) is 2.16. The number of oxime groups is 1. The Labute approximate surface area is 168 Å². The molecular weight excluding hydrogens is 381 g/mol. The third kappa shape index (κ3) is 5.58. The second-order valence-corrected chi connectivity index (χ2v) is 7.53. The van der Waals surface area contributed by atoms with Crippen molar-refractivity contribution in [3.05, 3.63) is 29.6 Å². The van der Waals surface area contributed by atoms with E-state index in [1.54, 1.807) is 13.1 Å². The van der Waals surface area contributed by atoms with Crippen molar-refractivity contribution >= 4 is 23.4 Å². The summed E-state index contributed by atoms with van der Waals surface area (Å²) in [5, 5.41) is 15.3. The van der Waals surface area contributed by atoms with Gasteiger partial charge in [-0.25, -0.2) is 4.39 Å². The van der Waals surface area contributed by atoms with Gasteiger partial charge in [0.15, 0.2) is 5.78 Å². The zero-order chi connectivity index (χ0) is 21.6. The van der Waals surface area contributed by atoms with E-state index in [0.717, 1.165) is 12.0 Å². The third-order valence-electron chi connectivity index (χ3n) is 4.74. The second-order valence-electron chi connectivity index (χ2n) is 7.53. The summed E-state index contributed by atoms with van der Waals surface area (Å²) in [5.74, 6) is -2.57. The molecule has 1 aromatic heterocycles. The molecule has 0 saturated carbocycles. The number of rotatable bonds is 10. The van der Waals surface area contributed by atoms with Gasteiger partial charge in [-0.15, -0.1) is 0 Å². The lowest BCUT2D eigenvalue weighted by molar-refractivity contribution is -0.148. The second kappa shape index (κ2) is 9.58. The molecule has 2 rings (SSSR count). The predicted molar refractivity (Wildman–Crippen MR) is 103 cm³/mol. The Morgan fingerprint density at radius 3 is 2.69 bits per heavy atom. The molecule has 0 radical (unpaired) electrons. The summed E-state index contributed by atoms with van der Waals surface area (Å²) in [5.41, 5.74) is 0.756. The van der Waals surface area contributed by atoms with Crippen LogP contribution in [0.3, 0.4) is 0 Å². The molecule has 1 aliphatic rings. The number of Topliss-reactive ketones (excluding diaryl/α,β-unsaturated/α-hetero) is 1. The smallest absolute Gasteiger partial charge is 0.305 e. The van der Waals surface area contributed by atoms with Crippen LogP contribution in [0.5, 0.6) is 0 Å². The molecule has 0 spiro atoms. The van der Waals surface area contributed by atoms with E-state index in [9.17, 15) is 18.8 Å². The van der Waals surface area contributed by atoms with Crippen LogP contribution in [-0.4, -0.2) is 51.8 Å². The Morgan fingerprint density at radius 1 is 1.38 bits per heavy atom. The molecule has 8 nitrogen and oxygen atoms in total. The number of alkyl halides is 1. The molecule has 1 amide bonds. The monoisotopic (exact) mass is 407 g/mol. The van der Waals surface area contributed by atoms with Crippen molar-refractivity contribution in [1.29, 1.82) is 0 Å². The maximum atomic E-state index is 12.8. The van der Waals surface area contributed by atoms with Crippen LogP contribution < -0.4 is 5.32 Å². The number of carbonyl (C=O) groups is 3. The molecule has 0 fully saturated rings. The molecule has 0 saturated heterocycles. The average molecular weight is 407 g/mol. The van der Waals surface area contributed by atoms with Crippen molar-refractivity contribution in [2.75, 3.05) is 6.67 Å². The number of hydrogen-bond acceptors (Lipinski definition) is 6.